The molecule has 7 heteroatoms. The van der Waals surface area contributed by atoms with Gasteiger partial charge in [-0.2, -0.15) is 0 Å². The van der Waals surface area contributed by atoms with E-state index in [0.29, 0.717) is 13.2 Å². The molecule has 7 nitrogen and oxygen atoms in total. The van der Waals surface area contributed by atoms with E-state index in [2.05, 4.69) is 39.6 Å². The Kier molecular flexibility index (Phi) is 6.23. The fraction of sp³-hybridized carbons (Fsp3) is 0.550. The zero-order valence-corrected chi connectivity index (χ0v) is 16.4. The number of carbonyl (C=O) groups excluding carboxylic acids is 1. The van der Waals surface area contributed by atoms with Crippen molar-refractivity contribution in [1.82, 2.24) is 25.0 Å². The molecule has 2 aromatic rings. The zero-order chi connectivity index (χ0) is 19.3. The number of ether oxygens (including phenoxy) is 1. The summed E-state index contributed by atoms with van der Waals surface area (Å²) in [5, 5.41) is 11.4. The van der Waals surface area contributed by atoms with E-state index in [-0.39, 0.29) is 11.9 Å². The van der Waals surface area contributed by atoms with Crippen molar-refractivity contribution in [1.29, 1.82) is 0 Å². The van der Waals surface area contributed by atoms with E-state index < -0.39 is 5.41 Å². The molecule has 1 unspecified atom stereocenters. The van der Waals surface area contributed by atoms with Crippen molar-refractivity contribution in [3.63, 3.8) is 0 Å². The van der Waals surface area contributed by atoms with Crippen LogP contribution in [0.3, 0.4) is 0 Å². The lowest BCUT2D eigenvalue weighted by molar-refractivity contribution is -0.129. The van der Waals surface area contributed by atoms with Crippen LogP contribution in [0.4, 0.5) is 0 Å². The quantitative estimate of drug-likeness (QED) is 0.803. The molecule has 27 heavy (non-hydrogen) atoms. The van der Waals surface area contributed by atoms with Crippen molar-refractivity contribution in [3.05, 3.63) is 48.0 Å². The molecule has 1 amide bonds. The predicted octanol–water partition coefficient (Wildman–Crippen LogP) is 1.77. The molecule has 146 valence electrons. The van der Waals surface area contributed by atoms with Crippen molar-refractivity contribution in [2.75, 3.05) is 33.9 Å². The van der Waals surface area contributed by atoms with Crippen LogP contribution in [0.5, 0.6) is 0 Å². The van der Waals surface area contributed by atoms with Crippen molar-refractivity contribution < 1.29 is 9.53 Å². The molecular formula is C20H29N5O2. The van der Waals surface area contributed by atoms with Gasteiger partial charge in [0.15, 0.2) is 5.82 Å². The summed E-state index contributed by atoms with van der Waals surface area (Å²) in [7, 11) is 3.77. The van der Waals surface area contributed by atoms with Gasteiger partial charge < -0.3 is 19.5 Å². The summed E-state index contributed by atoms with van der Waals surface area (Å²) in [4.78, 5) is 15.7. The number of nitrogens with one attached hydrogen (secondary N) is 1. The van der Waals surface area contributed by atoms with E-state index in [4.69, 9.17) is 4.74 Å². The van der Waals surface area contributed by atoms with Crippen LogP contribution in [0.25, 0.3) is 0 Å². The highest BCUT2D eigenvalue weighted by Gasteiger charge is 2.42. The zero-order valence-electron chi connectivity index (χ0n) is 16.4. The summed E-state index contributed by atoms with van der Waals surface area (Å²) in [6.45, 7) is 5.00. The number of carbonyl (C=O) groups is 1. The van der Waals surface area contributed by atoms with Crippen molar-refractivity contribution in [3.8, 4) is 0 Å². The Labute approximate surface area is 160 Å². The standard InChI is InChI=1S/C20H29N5O2/c1-16(18-23-21-15-25(18)13-14-27-3)22-19(26)20(9-11-24(2)12-10-20)17-7-5-4-6-8-17/h4-8,15-16H,9-14H2,1-3H3,(H,22,26). The fourth-order valence-corrected chi connectivity index (χ4v) is 3.76. The van der Waals surface area contributed by atoms with Crippen LogP contribution in [0.1, 0.15) is 37.2 Å². The van der Waals surface area contributed by atoms with Crippen LogP contribution in [0, 0.1) is 0 Å². The first-order valence-corrected chi connectivity index (χ1v) is 9.48. The van der Waals surface area contributed by atoms with E-state index in [1.807, 2.05) is 29.7 Å². The SMILES string of the molecule is COCCn1cnnc1C(C)NC(=O)C1(c2ccccc2)CCN(C)CC1. The van der Waals surface area contributed by atoms with Gasteiger partial charge >= 0.3 is 0 Å². The Morgan fingerprint density at radius 2 is 2.00 bits per heavy atom. The maximum atomic E-state index is 13.4. The van der Waals surface area contributed by atoms with Gasteiger partial charge in [-0.1, -0.05) is 30.3 Å². The summed E-state index contributed by atoms with van der Waals surface area (Å²) in [6.07, 6.45) is 3.30. The molecule has 1 aliphatic heterocycles. The molecule has 1 aromatic heterocycles. The van der Waals surface area contributed by atoms with E-state index in [9.17, 15) is 4.79 Å². The first kappa shape index (κ1) is 19.5. The van der Waals surface area contributed by atoms with E-state index in [0.717, 1.165) is 37.3 Å². The summed E-state index contributed by atoms with van der Waals surface area (Å²) in [6, 6.07) is 9.91. The number of amides is 1. The molecule has 0 radical (unpaired) electrons. The predicted molar refractivity (Wildman–Crippen MR) is 103 cm³/mol. The van der Waals surface area contributed by atoms with Crippen molar-refractivity contribution in [2.45, 2.75) is 37.8 Å². The van der Waals surface area contributed by atoms with Gasteiger partial charge in [-0.05, 0) is 45.5 Å². The highest BCUT2D eigenvalue weighted by Crippen LogP contribution is 2.36. The molecule has 0 saturated carbocycles. The first-order valence-electron chi connectivity index (χ1n) is 9.48. The van der Waals surface area contributed by atoms with Crippen LogP contribution in [0.15, 0.2) is 36.7 Å². The number of piperidine rings is 1. The number of hydrogen-bond acceptors (Lipinski definition) is 5. The number of aromatic nitrogens is 3. The second-order valence-electron chi connectivity index (χ2n) is 7.32. The molecule has 3 rings (SSSR count). The number of benzene rings is 1. The van der Waals surface area contributed by atoms with Crippen LogP contribution in [-0.2, 0) is 21.5 Å². The minimum Gasteiger partial charge on any atom is -0.383 e. The molecule has 2 heterocycles. The third kappa shape index (κ3) is 4.20. The summed E-state index contributed by atoms with van der Waals surface area (Å²) in [5.41, 5.74) is 0.586. The van der Waals surface area contributed by atoms with Crippen LogP contribution < -0.4 is 5.32 Å². The smallest absolute Gasteiger partial charge is 0.231 e. The van der Waals surface area contributed by atoms with E-state index in [1.54, 1.807) is 13.4 Å². The largest absolute Gasteiger partial charge is 0.383 e. The lowest BCUT2D eigenvalue weighted by Crippen LogP contribution is -2.51. The maximum Gasteiger partial charge on any atom is 0.231 e. The fourth-order valence-electron chi connectivity index (χ4n) is 3.76. The average molecular weight is 371 g/mol. The van der Waals surface area contributed by atoms with E-state index >= 15 is 0 Å². The Balaban J connectivity index is 1.80. The Hall–Kier alpha value is -2.25. The van der Waals surface area contributed by atoms with Gasteiger partial charge in [0.25, 0.3) is 0 Å². The van der Waals surface area contributed by atoms with Gasteiger partial charge in [0.05, 0.1) is 18.1 Å². The Bertz CT molecular complexity index is 738. The number of likely N-dealkylation sites (tertiary alicyclic amines) is 1. The maximum absolute atomic E-state index is 13.4. The highest BCUT2D eigenvalue weighted by molar-refractivity contribution is 5.88. The van der Waals surface area contributed by atoms with Gasteiger partial charge in [0.1, 0.15) is 6.33 Å². The monoisotopic (exact) mass is 371 g/mol. The molecule has 1 atom stereocenters. The van der Waals surface area contributed by atoms with Crippen LogP contribution >= 0.6 is 0 Å². The minimum atomic E-state index is -0.501. The molecule has 1 aromatic carbocycles. The van der Waals surface area contributed by atoms with Gasteiger partial charge in [-0.15, -0.1) is 10.2 Å². The second-order valence-corrected chi connectivity index (χ2v) is 7.32. The topological polar surface area (TPSA) is 72.3 Å². The number of nitrogens with zero attached hydrogens (tertiary/aromatic N) is 4. The third-order valence-corrected chi connectivity index (χ3v) is 5.52. The van der Waals surface area contributed by atoms with Crippen LogP contribution in [0.2, 0.25) is 0 Å². The average Bonchev–Trinajstić information content (AvgIpc) is 3.16. The molecule has 1 fully saturated rings. The molecule has 0 spiro atoms. The molecule has 1 saturated heterocycles. The highest BCUT2D eigenvalue weighted by atomic mass is 16.5. The van der Waals surface area contributed by atoms with E-state index in [1.165, 1.54) is 0 Å². The van der Waals surface area contributed by atoms with Gasteiger partial charge in [0.2, 0.25) is 5.91 Å². The molecule has 0 bridgehead atoms. The Morgan fingerprint density at radius 1 is 1.30 bits per heavy atom. The minimum absolute atomic E-state index is 0.0654. The summed E-state index contributed by atoms with van der Waals surface area (Å²) in [5.74, 6) is 0.812. The molecule has 1 aliphatic rings. The van der Waals surface area contributed by atoms with Crippen molar-refractivity contribution in [2.24, 2.45) is 0 Å². The number of methoxy groups -OCH3 is 1. The van der Waals surface area contributed by atoms with Crippen LogP contribution in [-0.4, -0.2) is 59.4 Å². The van der Waals surface area contributed by atoms with Crippen molar-refractivity contribution >= 4 is 5.91 Å². The lowest BCUT2D eigenvalue weighted by Gasteiger charge is -2.40. The third-order valence-electron chi connectivity index (χ3n) is 5.52. The number of rotatable bonds is 7. The second kappa shape index (κ2) is 8.63. The summed E-state index contributed by atoms with van der Waals surface area (Å²) >= 11 is 0. The first-order chi connectivity index (χ1) is 13.1. The molecule has 1 N–H and O–H groups in total. The number of hydrogen-bond donors (Lipinski definition) is 1. The van der Waals surface area contributed by atoms with Gasteiger partial charge in [0, 0.05) is 13.7 Å². The molecule has 0 aliphatic carbocycles. The normalized spacial score (nSPS) is 18.2. The molecular weight excluding hydrogens is 342 g/mol. The summed E-state index contributed by atoms with van der Waals surface area (Å²) < 4.78 is 7.07. The Morgan fingerprint density at radius 3 is 2.67 bits per heavy atom. The van der Waals surface area contributed by atoms with Gasteiger partial charge in [-0.3, -0.25) is 4.79 Å². The lowest BCUT2D eigenvalue weighted by atomic mass is 9.72. The van der Waals surface area contributed by atoms with Gasteiger partial charge in [-0.25, -0.2) is 0 Å².